The lowest BCUT2D eigenvalue weighted by Gasteiger charge is -2.21. The molecular weight excluding hydrogens is 217 g/mol. The molecule has 0 aromatic heterocycles. The van der Waals surface area contributed by atoms with Crippen molar-refractivity contribution in [2.75, 3.05) is 13.2 Å². The first-order valence-corrected chi connectivity index (χ1v) is 6.40. The van der Waals surface area contributed by atoms with Crippen LogP contribution in [0.5, 0.6) is 0 Å². The molecule has 1 aromatic rings. The number of ether oxygens (including phenoxy) is 1. The molecule has 1 aliphatic heterocycles. The Hall–Kier alpha value is -0.930. The summed E-state index contributed by atoms with van der Waals surface area (Å²) in [6.07, 6.45) is 3.52. The Kier molecular flexibility index (Phi) is 4.51. The van der Waals surface area contributed by atoms with E-state index in [0.717, 1.165) is 38.0 Å². The number of nitrogens with one attached hydrogen (secondary N) is 1. The zero-order valence-corrected chi connectivity index (χ0v) is 10.3. The summed E-state index contributed by atoms with van der Waals surface area (Å²) in [6, 6.07) is 7.04. The highest BCUT2D eigenvalue weighted by molar-refractivity contribution is 5.20. The summed E-state index contributed by atoms with van der Waals surface area (Å²) in [5, 5.41) is 3.41. The van der Waals surface area contributed by atoms with Gasteiger partial charge in [-0.25, -0.2) is 4.39 Å². The molecule has 2 atom stereocenters. The average molecular weight is 237 g/mol. The van der Waals surface area contributed by atoms with Crippen LogP contribution in [0.25, 0.3) is 0 Å². The van der Waals surface area contributed by atoms with Gasteiger partial charge < -0.3 is 10.1 Å². The van der Waals surface area contributed by atoms with E-state index >= 15 is 0 Å². The Labute approximate surface area is 102 Å². The van der Waals surface area contributed by atoms with E-state index in [4.69, 9.17) is 4.74 Å². The number of hydrogen-bond acceptors (Lipinski definition) is 2. The van der Waals surface area contributed by atoms with E-state index < -0.39 is 0 Å². The Morgan fingerprint density at radius 1 is 1.53 bits per heavy atom. The fraction of sp³-hybridized carbons (Fsp3) is 0.571. The summed E-state index contributed by atoms with van der Waals surface area (Å²) in [6.45, 7) is 3.82. The molecule has 0 radical (unpaired) electrons. The monoisotopic (exact) mass is 237 g/mol. The van der Waals surface area contributed by atoms with Gasteiger partial charge in [-0.3, -0.25) is 0 Å². The van der Waals surface area contributed by atoms with Crippen LogP contribution in [0, 0.1) is 5.82 Å². The Balaban J connectivity index is 2.04. The third-order valence-electron chi connectivity index (χ3n) is 3.22. The van der Waals surface area contributed by atoms with E-state index in [0.29, 0.717) is 6.10 Å². The molecule has 1 N–H and O–H groups in total. The van der Waals surface area contributed by atoms with Crippen molar-refractivity contribution in [2.45, 2.75) is 38.3 Å². The van der Waals surface area contributed by atoms with E-state index in [-0.39, 0.29) is 11.9 Å². The van der Waals surface area contributed by atoms with Gasteiger partial charge in [-0.1, -0.05) is 19.1 Å². The van der Waals surface area contributed by atoms with Crippen molar-refractivity contribution < 1.29 is 9.13 Å². The number of hydrogen-bond donors (Lipinski definition) is 1. The van der Waals surface area contributed by atoms with Crippen LogP contribution >= 0.6 is 0 Å². The predicted octanol–water partition coefficient (Wildman–Crippen LogP) is 3.05. The minimum Gasteiger partial charge on any atom is -0.378 e. The van der Waals surface area contributed by atoms with Gasteiger partial charge in [0.2, 0.25) is 0 Å². The van der Waals surface area contributed by atoms with E-state index in [1.54, 1.807) is 12.1 Å². The first kappa shape index (κ1) is 12.5. The smallest absolute Gasteiger partial charge is 0.123 e. The summed E-state index contributed by atoms with van der Waals surface area (Å²) in [5.41, 5.74) is 1.02. The van der Waals surface area contributed by atoms with Crippen LogP contribution in [0.4, 0.5) is 4.39 Å². The predicted molar refractivity (Wildman–Crippen MR) is 66.4 cm³/mol. The molecule has 2 unspecified atom stereocenters. The number of rotatable bonds is 5. The van der Waals surface area contributed by atoms with Crippen LogP contribution in [0.15, 0.2) is 24.3 Å². The van der Waals surface area contributed by atoms with Gasteiger partial charge in [0.1, 0.15) is 5.82 Å². The number of halogens is 1. The van der Waals surface area contributed by atoms with E-state index in [2.05, 4.69) is 12.2 Å². The van der Waals surface area contributed by atoms with Crippen molar-refractivity contribution in [3.8, 4) is 0 Å². The molecule has 3 heteroatoms. The third kappa shape index (κ3) is 3.51. The van der Waals surface area contributed by atoms with E-state index in [1.807, 2.05) is 6.07 Å². The first-order valence-electron chi connectivity index (χ1n) is 6.40. The molecule has 1 saturated heterocycles. The Morgan fingerprint density at radius 3 is 3.06 bits per heavy atom. The molecule has 0 aliphatic carbocycles. The normalized spacial score (nSPS) is 21.6. The SMILES string of the molecule is CCNC(CC1CCCO1)c1cccc(F)c1. The van der Waals surface area contributed by atoms with E-state index in [1.165, 1.54) is 6.07 Å². The average Bonchev–Trinajstić information content (AvgIpc) is 2.81. The van der Waals surface area contributed by atoms with Crippen molar-refractivity contribution >= 4 is 0 Å². The van der Waals surface area contributed by atoms with Crippen LogP contribution in [-0.4, -0.2) is 19.3 Å². The summed E-state index contributed by atoms with van der Waals surface area (Å²) < 4.78 is 18.9. The molecule has 0 amide bonds. The lowest BCUT2D eigenvalue weighted by Crippen LogP contribution is -2.25. The van der Waals surface area contributed by atoms with Gasteiger partial charge in [0.05, 0.1) is 6.10 Å². The molecule has 1 heterocycles. The van der Waals surface area contributed by atoms with Crippen molar-refractivity contribution in [2.24, 2.45) is 0 Å². The fourth-order valence-corrected chi connectivity index (χ4v) is 2.40. The van der Waals surface area contributed by atoms with E-state index in [9.17, 15) is 4.39 Å². The molecule has 2 nitrogen and oxygen atoms in total. The summed E-state index contributed by atoms with van der Waals surface area (Å²) in [7, 11) is 0. The zero-order valence-electron chi connectivity index (χ0n) is 10.3. The maximum atomic E-state index is 13.2. The largest absolute Gasteiger partial charge is 0.378 e. The molecule has 17 heavy (non-hydrogen) atoms. The standard InChI is InChI=1S/C14H20FNO/c1-2-16-14(10-13-7-4-8-17-13)11-5-3-6-12(15)9-11/h3,5-6,9,13-14,16H,2,4,7-8,10H2,1H3. The first-order chi connectivity index (χ1) is 8.29. The molecule has 0 saturated carbocycles. The van der Waals surface area contributed by atoms with Gasteiger partial charge in [-0.05, 0) is 43.5 Å². The molecule has 1 aliphatic rings. The highest BCUT2D eigenvalue weighted by Gasteiger charge is 2.21. The Morgan fingerprint density at radius 2 is 2.41 bits per heavy atom. The number of benzene rings is 1. The summed E-state index contributed by atoms with van der Waals surface area (Å²) in [5.74, 6) is -0.169. The van der Waals surface area contributed by atoms with Crippen molar-refractivity contribution in [3.05, 3.63) is 35.6 Å². The fourth-order valence-electron chi connectivity index (χ4n) is 2.40. The van der Waals surface area contributed by atoms with Crippen molar-refractivity contribution in [3.63, 3.8) is 0 Å². The summed E-state index contributed by atoms with van der Waals surface area (Å²) >= 11 is 0. The van der Waals surface area contributed by atoms with Crippen LogP contribution in [0.3, 0.4) is 0 Å². The van der Waals surface area contributed by atoms with Crippen molar-refractivity contribution in [1.29, 1.82) is 0 Å². The van der Waals surface area contributed by atoms with Gasteiger partial charge in [0.25, 0.3) is 0 Å². The molecule has 0 bridgehead atoms. The van der Waals surface area contributed by atoms with Gasteiger partial charge in [0, 0.05) is 12.6 Å². The molecule has 0 spiro atoms. The highest BCUT2D eigenvalue weighted by atomic mass is 19.1. The molecular formula is C14H20FNO. The third-order valence-corrected chi connectivity index (χ3v) is 3.22. The molecule has 2 rings (SSSR count). The van der Waals surface area contributed by atoms with Crippen LogP contribution < -0.4 is 5.32 Å². The molecule has 1 fully saturated rings. The second-order valence-electron chi connectivity index (χ2n) is 4.54. The second kappa shape index (κ2) is 6.12. The zero-order chi connectivity index (χ0) is 12.1. The van der Waals surface area contributed by atoms with Gasteiger partial charge >= 0.3 is 0 Å². The van der Waals surface area contributed by atoms with Gasteiger partial charge in [-0.15, -0.1) is 0 Å². The highest BCUT2D eigenvalue weighted by Crippen LogP contribution is 2.25. The lowest BCUT2D eigenvalue weighted by atomic mass is 9.99. The second-order valence-corrected chi connectivity index (χ2v) is 4.54. The lowest BCUT2D eigenvalue weighted by molar-refractivity contribution is 0.0947. The van der Waals surface area contributed by atoms with Crippen LogP contribution in [-0.2, 0) is 4.74 Å². The maximum absolute atomic E-state index is 13.2. The van der Waals surface area contributed by atoms with Gasteiger partial charge in [-0.2, -0.15) is 0 Å². The quantitative estimate of drug-likeness (QED) is 0.850. The van der Waals surface area contributed by atoms with Gasteiger partial charge in [0.15, 0.2) is 0 Å². The van der Waals surface area contributed by atoms with Crippen LogP contribution in [0.1, 0.15) is 37.8 Å². The van der Waals surface area contributed by atoms with Crippen LogP contribution in [0.2, 0.25) is 0 Å². The summed E-state index contributed by atoms with van der Waals surface area (Å²) in [4.78, 5) is 0. The Bertz CT molecular complexity index is 350. The van der Waals surface area contributed by atoms with Crippen molar-refractivity contribution in [1.82, 2.24) is 5.32 Å². The minimum absolute atomic E-state index is 0.169. The minimum atomic E-state index is -0.169. The molecule has 94 valence electrons. The topological polar surface area (TPSA) is 21.3 Å². The maximum Gasteiger partial charge on any atom is 0.123 e. The molecule has 1 aromatic carbocycles.